The van der Waals surface area contributed by atoms with Crippen molar-refractivity contribution in [3.63, 3.8) is 0 Å². The number of hydrogen-bond donors (Lipinski definition) is 0. The maximum absolute atomic E-state index is 5.98. The van der Waals surface area contributed by atoms with Crippen molar-refractivity contribution in [1.82, 2.24) is 0 Å². The lowest BCUT2D eigenvalue weighted by molar-refractivity contribution is 0.282. The lowest BCUT2D eigenvalue weighted by Crippen LogP contribution is -2.47. The normalized spacial score (nSPS) is 23.2. The molecule has 0 atom stereocenters. The molecule has 0 bridgehead atoms. The van der Waals surface area contributed by atoms with Gasteiger partial charge in [-0.05, 0) is 24.2 Å². The molecule has 4 nitrogen and oxygen atoms in total. The van der Waals surface area contributed by atoms with Gasteiger partial charge in [-0.2, -0.15) is 0 Å². The molecule has 92 valence electrons. The molecule has 1 aliphatic heterocycles. The van der Waals surface area contributed by atoms with Crippen LogP contribution in [0.5, 0.6) is 0 Å². The molecule has 1 aliphatic rings. The van der Waals surface area contributed by atoms with E-state index < -0.39 is 37.1 Å². The summed E-state index contributed by atoms with van der Waals surface area (Å²) in [5.41, 5.74) is 0. The van der Waals surface area contributed by atoms with Gasteiger partial charge in [0.25, 0.3) is 0 Å². The van der Waals surface area contributed by atoms with Crippen LogP contribution in [0.25, 0.3) is 0 Å². The lowest BCUT2D eigenvalue weighted by Gasteiger charge is -2.30. The van der Waals surface area contributed by atoms with Crippen molar-refractivity contribution in [3.8, 4) is 0 Å². The van der Waals surface area contributed by atoms with Gasteiger partial charge < -0.3 is 16.5 Å². The molecule has 4 radical (unpaired) electrons. The van der Waals surface area contributed by atoms with Gasteiger partial charge in [-0.15, -0.1) is 0 Å². The fraction of sp³-hybridized carbons (Fsp3) is 1.00. The molecule has 0 amide bonds. The first-order valence-electron chi connectivity index (χ1n) is 5.88. The van der Waals surface area contributed by atoms with Crippen LogP contribution in [0, 0.1) is 0 Å². The molecule has 1 saturated heterocycles. The van der Waals surface area contributed by atoms with Crippen molar-refractivity contribution >= 4 is 37.1 Å². The van der Waals surface area contributed by atoms with Gasteiger partial charge in [0.1, 0.15) is 0 Å². The minimum atomic E-state index is -1.14. The van der Waals surface area contributed by atoms with Gasteiger partial charge in [0.05, 0.1) is 0 Å². The highest BCUT2D eigenvalue weighted by Gasteiger charge is 2.35. The molecular weight excluding hydrogens is 272 g/mol. The zero-order valence-corrected chi connectivity index (χ0v) is 14.5. The smallest absolute Gasteiger partial charge is 0.365 e. The third-order valence-corrected chi connectivity index (χ3v) is 11.7. The van der Waals surface area contributed by atoms with Crippen molar-refractivity contribution in [2.75, 3.05) is 0 Å². The standard InChI is InChI=1S/C8H20O4Si4/c1-5-13-9-14(6-2)11-16(8-4)12-15(7-3)10-13/h5-8H2,1-4H3. The minimum absolute atomic E-state index is 0.966. The van der Waals surface area contributed by atoms with Gasteiger partial charge in [-0.3, -0.25) is 0 Å². The van der Waals surface area contributed by atoms with Crippen molar-refractivity contribution < 1.29 is 16.5 Å². The summed E-state index contributed by atoms with van der Waals surface area (Å²) < 4.78 is 23.9. The van der Waals surface area contributed by atoms with Crippen LogP contribution in [0.3, 0.4) is 0 Å². The van der Waals surface area contributed by atoms with Crippen LogP contribution in [0.15, 0.2) is 0 Å². The summed E-state index contributed by atoms with van der Waals surface area (Å²) in [6.07, 6.45) is 0. The molecule has 0 aromatic carbocycles. The Labute approximate surface area is 106 Å². The summed E-state index contributed by atoms with van der Waals surface area (Å²) >= 11 is 0. The molecule has 1 heterocycles. The van der Waals surface area contributed by atoms with Crippen LogP contribution in [0.2, 0.25) is 24.2 Å². The first kappa shape index (κ1) is 14.8. The Balaban J connectivity index is 2.61. The average Bonchev–Trinajstić information content (AvgIpc) is 2.29. The summed E-state index contributed by atoms with van der Waals surface area (Å²) in [6.45, 7) is 8.47. The molecule has 0 spiro atoms. The van der Waals surface area contributed by atoms with Crippen LogP contribution in [0.4, 0.5) is 0 Å². The Bertz CT molecular complexity index is 149. The van der Waals surface area contributed by atoms with Crippen LogP contribution < -0.4 is 0 Å². The molecule has 0 N–H and O–H groups in total. The van der Waals surface area contributed by atoms with E-state index in [0.717, 1.165) is 24.2 Å². The van der Waals surface area contributed by atoms with Crippen molar-refractivity contribution in [2.45, 2.75) is 51.9 Å². The molecule has 0 aliphatic carbocycles. The molecule has 0 aromatic heterocycles. The zero-order chi connectivity index (χ0) is 12.0. The van der Waals surface area contributed by atoms with E-state index in [1.54, 1.807) is 0 Å². The fourth-order valence-electron chi connectivity index (χ4n) is 1.17. The maximum atomic E-state index is 5.98. The fourth-order valence-corrected chi connectivity index (χ4v) is 12.0. The van der Waals surface area contributed by atoms with E-state index >= 15 is 0 Å². The zero-order valence-electron chi connectivity index (χ0n) is 10.5. The lowest BCUT2D eigenvalue weighted by atomic mass is 11.0. The number of hydrogen-bond acceptors (Lipinski definition) is 4. The predicted octanol–water partition coefficient (Wildman–Crippen LogP) is 2.10. The van der Waals surface area contributed by atoms with E-state index in [9.17, 15) is 0 Å². The van der Waals surface area contributed by atoms with Gasteiger partial charge in [0.2, 0.25) is 0 Å². The summed E-state index contributed by atoms with van der Waals surface area (Å²) in [4.78, 5) is 0. The average molecular weight is 293 g/mol. The molecule has 8 heteroatoms. The molecule has 0 unspecified atom stereocenters. The van der Waals surface area contributed by atoms with E-state index in [4.69, 9.17) is 16.5 Å². The molecule has 1 fully saturated rings. The Hall–Kier alpha value is 0.708. The van der Waals surface area contributed by atoms with E-state index in [2.05, 4.69) is 27.7 Å². The molecule has 0 aromatic rings. The van der Waals surface area contributed by atoms with Crippen LogP contribution in [-0.4, -0.2) is 37.1 Å². The van der Waals surface area contributed by atoms with Crippen molar-refractivity contribution in [1.29, 1.82) is 0 Å². The Morgan fingerprint density at radius 3 is 0.812 bits per heavy atom. The highest BCUT2D eigenvalue weighted by Crippen LogP contribution is 2.15. The molecule has 0 saturated carbocycles. The second-order valence-corrected chi connectivity index (χ2v) is 12.4. The largest absolute Gasteiger partial charge is 0.414 e. The number of rotatable bonds is 4. The Morgan fingerprint density at radius 1 is 0.500 bits per heavy atom. The van der Waals surface area contributed by atoms with Gasteiger partial charge in [0, 0.05) is 0 Å². The third kappa shape index (κ3) is 4.53. The molecular formula is C8H20O4Si4. The van der Waals surface area contributed by atoms with Gasteiger partial charge in [0.15, 0.2) is 0 Å². The minimum Gasteiger partial charge on any atom is -0.414 e. The summed E-state index contributed by atoms with van der Waals surface area (Å²) in [6, 6.07) is 3.86. The molecule has 16 heavy (non-hydrogen) atoms. The van der Waals surface area contributed by atoms with Crippen LogP contribution >= 0.6 is 0 Å². The van der Waals surface area contributed by atoms with Gasteiger partial charge in [-0.1, -0.05) is 27.7 Å². The van der Waals surface area contributed by atoms with Crippen LogP contribution in [-0.2, 0) is 16.5 Å². The Morgan fingerprint density at radius 2 is 0.688 bits per heavy atom. The van der Waals surface area contributed by atoms with E-state index in [1.807, 2.05) is 0 Å². The van der Waals surface area contributed by atoms with E-state index in [1.165, 1.54) is 0 Å². The Kier molecular flexibility index (Phi) is 7.31. The summed E-state index contributed by atoms with van der Waals surface area (Å²) in [5, 5.41) is 0. The monoisotopic (exact) mass is 292 g/mol. The van der Waals surface area contributed by atoms with Gasteiger partial charge in [-0.25, -0.2) is 0 Å². The maximum Gasteiger partial charge on any atom is 0.365 e. The molecule has 1 rings (SSSR count). The highest BCUT2D eigenvalue weighted by atomic mass is 28.5. The quantitative estimate of drug-likeness (QED) is 0.744. The first-order valence-corrected chi connectivity index (χ1v) is 12.0. The summed E-state index contributed by atoms with van der Waals surface area (Å²) in [5.74, 6) is 0. The van der Waals surface area contributed by atoms with Crippen molar-refractivity contribution in [3.05, 3.63) is 0 Å². The van der Waals surface area contributed by atoms with Crippen LogP contribution in [0.1, 0.15) is 27.7 Å². The summed E-state index contributed by atoms with van der Waals surface area (Å²) in [7, 11) is -4.57. The van der Waals surface area contributed by atoms with Gasteiger partial charge >= 0.3 is 37.1 Å². The van der Waals surface area contributed by atoms with E-state index in [0.29, 0.717) is 0 Å². The second kappa shape index (κ2) is 7.92. The first-order chi connectivity index (χ1) is 7.73. The topological polar surface area (TPSA) is 36.9 Å². The van der Waals surface area contributed by atoms with Crippen molar-refractivity contribution in [2.24, 2.45) is 0 Å². The third-order valence-electron chi connectivity index (χ3n) is 2.07. The SMILES string of the molecule is CC[Si]1O[Si](CC)O[Si](CC)O[Si](CC)O1. The second-order valence-electron chi connectivity index (χ2n) is 3.31. The van der Waals surface area contributed by atoms with E-state index in [-0.39, 0.29) is 0 Å². The predicted molar refractivity (Wildman–Crippen MR) is 69.3 cm³/mol. The highest BCUT2D eigenvalue weighted by molar-refractivity contribution is 6.73.